The van der Waals surface area contributed by atoms with Gasteiger partial charge in [0.2, 0.25) is 5.91 Å². The topological polar surface area (TPSA) is 114 Å². The summed E-state index contributed by atoms with van der Waals surface area (Å²) in [5.74, 6) is -1.41. The average Bonchev–Trinajstić information content (AvgIpc) is 3.69. The number of nitro groups is 1. The van der Waals surface area contributed by atoms with Crippen molar-refractivity contribution < 1.29 is 19.3 Å². The molecule has 208 valence electrons. The first-order valence-electron chi connectivity index (χ1n) is 13.3. The number of fused-ring (bicyclic) bond motifs is 1. The van der Waals surface area contributed by atoms with Gasteiger partial charge in [0.15, 0.2) is 0 Å². The number of hydrogen-bond donors (Lipinski definition) is 0. The van der Waals surface area contributed by atoms with E-state index in [9.17, 15) is 24.5 Å². The summed E-state index contributed by atoms with van der Waals surface area (Å²) in [6.45, 7) is 2.03. The van der Waals surface area contributed by atoms with E-state index < -0.39 is 28.7 Å². The van der Waals surface area contributed by atoms with Crippen LogP contribution in [0, 0.1) is 17.0 Å². The normalized spacial score (nSPS) is 17.5. The van der Waals surface area contributed by atoms with Gasteiger partial charge in [0, 0.05) is 23.2 Å². The Balaban J connectivity index is 1.28. The van der Waals surface area contributed by atoms with E-state index in [0.717, 1.165) is 50.2 Å². The zero-order chi connectivity index (χ0) is 28.8. The third-order valence-corrected chi connectivity index (χ3v) is 9.10. The maximum absolute atomic E-state index is 13.8. The number of carbonyl (C=O) groups excluding carboxylic acids is 3. The van der Waals surface area contributed by atoms with Crippen molar-refractivity contribution in [1.82, 2.24) is 9.88 Å². The molecule has 0 bridgehead atoms. The van der Waals surface area contributed by atoms with Crippen LogP contribution in [0.5, 0.6) is 0 Å². The van der Waals surface area contributed by atoms with E-state index >= 15 is 0 Å². The first kappa shape index (κ1) is 27.0. The van der Waals surface area contributed by atoms with Gasteiger partial charge in [-0.1, -0.05) is 30.5 Å². The molecule has 2 fully saturated rings. The largest absolute Gasteiger partial charge is 0.323 e. The molecule has 9 nitrogen and oxygen atoms in total. The van der Waals surface area contributed by atoms with E-state index in [4.69, 9.17) is 16.6 Å². The zero-order valence-corrected chi connectivity index (χ0v) is 23.7. The lowest BCUT2D eigenvalue weighted by atomic mass is 10.1. The van der Waals surface area contributed by atoms with Crippen LogP contribution in [0.4, 0.5) is 11.4 Å². The third kappa shape index (κ3) is 4.98. The lowest BCUT2D eigenvalue weighted by Crippen LogP contribution is -2.50. The van der Waals surface area contributed by atoms with Crippen LogP contribution < -0.4 is 4.90 Å². The van der Waals surface area contributed by atoms with Gasteiger partial charge < -0.3 is 4.90 Å². The second-order valence-electron chi connectivity index (χ2n) is 10.4. The number of aryl methyl sites for hydroxylation is 1. The van der Waals surface area contributed by atoms with Crippen LogP contribution in [0.2, 0.25) is 5.02 Å². The van der Waals surface area contributed by atoms with E-state index in [-0.39, 0.29) is 28.7 Å². The van der Waals surface area contributed by atoms with Crippen LogP contribution in [-0.4, -0.2) is 44.6 Å². The highest BCUT2D eigenvalue weighted by Gasteiger charge is 2.47. The molecule has 1 atom stereocenters. The van der Waals surface area contributed by atoms with Crippen molar-refractivity contribution in [2.45, 2.75) is 51.1 Å². The fourth-order valence-corrected chi connectivity index (χ4v) is 6.95. The maximum atomic E-state index is 13.8. The van der Waals surface area contributed by atoms with Crippen molar-refractivity contribution in [3.8, 4) is 10.6 Å². The molecule has 0 spiro atoms. The van der Waals surface area contributed by atoms with E-state index in [1.54, 1.807) is 23.5 Å². The SMILES string of the molecule is Cc1ccc2nc(-c3ccc(N4C(=O)CC(N(C(=O)c5ccc(Cl)c([N+](=O)[O-])c5)C5CCCC5)C4=O)cc3)sc2c1. The van der Waals surface area contributed by atoms with Crippen LogP contribution in [0.3, 0.4) is 0 Å². The van der Waals surface area contributed by atoms with Gasteiger partial charge in [-0.05, 0) is 73.9 Å². The molecule has 1 saturated carbocycles. The molecule has 6 rings (SSSR count). The summed E-state index contributed by atoms with van der Waals surface area (Å²) in [6, 6.07) is 15.8. The number of carbonyl (C=O) groups is 3. The highest BCUT2D eigenvalue weighted by atomic mass is 35.5. The van der Waals surface area contributed by atoms with Crippen molar-refractivity contribution in [1.29, 1.82) is 0 Å². The van der Waals surface area contributed by atoms with Gasteiger partial charge in [0.1, 0.15) is 16.1 Å². The van der Waals surface area contributed by atoms with Gasteiger partial charge in [0.25, 0.3) is 17.5 Å². The number of aromatic nitrogens is 1. The molecule has 0 N–H and O–H groups in total. The van der Waals surface area contributed by atoms with Crippen LogP contribution in [-0.2, 0) is 9.59 Å². The van der Waals surface area contributed by atoms with Gasteiger partial charge in [-0.3, -0.25) is 24.5 Å². The Morgan fingerprint density at radius 2 is 1.80 bits per heavy atom. The Kier molecular flexibility index (Phi) is 7.04. The summed E-state index contributed by atoms with van der Waals surface area (Å²) in [6.07, 6.45) is 3.00. The fourth-order valence-electron chi connectivity index (χ4n) is 5.69. The lowest BCUT2D eigenvalue weighted by Gasteiger charge is -2.33. The Bertz CT molecular complexity index is 1710. The average molecular weight is 589 g/mol. The Morgan fingerprint density at radius 1 is 1.07 bits per heavy atom. The zero-order valence-electron chi connectivity index (χ0n) is 22.1. The molecule has 1 aliphatic heterocycles. The monoisotopic (exact) mass is 588 g/mol. The fraction of sp³-hybridized carbons (Fsp3) is 0.267. The minimum atomic E-state index is -1.000. The summed E-state index contributed by atoms with van der Waals surface area (Å²) >= 11 is 7.53. The van der Waals surface area contributed by atoms with Crippen LogP contribution in [0.25, 0.3) is 20.8 Å². The molecule has 1 aromatic heterocycles. The van der Waals surface area contributed by atoms with E-state index in [2.05, 4.69) is 6.07 Å². The molecule has 3 aromatic carbocycles. The quantitative estimate of drug-likeness (QED) is 0.143. The number of nitro benzene ring substituents is 1. The number of anilines is 1. The first-order chi connectivity index (χ1) is 19.7. The molecule has 4 aromatic rings. The molecule has 0 radical (unpaired) electrons. The van der Waals surface area contributed by atoms with Gasteiger partial charge in [-0.25, -0.2) is 9.88 Å². The number of amides is 3. The van der Waals surface area contributed by atoms with Gasteiger partial charge in [-0.2, -0.15) is 0 Å². The van der Waals surface area contributed by atoms with Crippen molar-refractivity contribution in [3.05, 3.63) is 86.9 Å². The van der Waals surface area contributed by atoms with E-state index in [1.807, 2.05) is 31.2 Å². The molecule has 1 saturated heterocycles. The smallest absolute Gasteiger partial charge is 0.288 e. The summed E-state index contributed by atoms with van der Waals surface area (Å²) in [5, 5.41) is 12.2. The number of benzene rings is 3. The summed E-state index contributed by atoms with van der Waals surface area (Å²) in [4.78, 5) is 58.8. The number of rotatable bonds is 6. The Labute approximate surface area is 244 Å². The van der Waals surface area contributed by atoms with Gasteiger partial charge in [-0.15, -0.1) is 11.3 Å². The van der Waals surface area contributed by atoms with Crippen molar-refractivity contribution in [3.63, 3.8) is 0 Å². The van der Waals surface area contributed by atoms with Crippen molar-refractivity contribution >= 4 is 62.3 Å². The predicted molar refractivity (Wildman–Crippen MR) is 157 cm³/mol. The number of thiazole rings is 1. The van der Waals surface area contributed by atoms with Crippen LogP contribution >= 0.6 is 22.9 Å². The molecule has 1 aliphatic carbocycles. The molecule has 11 heteroatoms. The molecule has 41 heavy (non-hydrogen) atoms. The van der Waals surface area contributed by atoms with Gasteiger partial charge in [0.05, 0.1) is 27.2 Å². The summed E-state index contributed by atoms with van der Waals surface area (Å²) in [7, 11) is 0. The summed E-state index contributed by atoms with van der Waals surface area (Å²) in [5.41, 5.74) is 3.03. The van der Waals surface area contributed by atoms with E-state index in [1.165, 1.54) is 17.0 Å². The van der Waals surface area contributed by atoms with Crippen LogP contribution in [0.1, 0.15) is 48.0 Å². The minimum absolute atomic E-state index is 0.0575. The standard InChI is InChI=1S/C30H25ClN4O5S/c1-17-6-13-23-26(14-17)41-28(32-23)18-7-10-21(11-8-18)34-27(36)16-25(30(34)38)33(20-4-2-3-5-20)29(37)19-9-12-22(31)24(15-19)35(39)40/h6-15,20,25H,2-5,16H2,1H3. The number of imide groups is 1. The Morgan fingerprint density at radius 3 is 2.51 bits per heavy atom. The summed E-state index contributed by atoms with van der Waals surface area (Å²) < 4.78 is 1.08. The van der Waals surface area contributed by atoms with E-state index in [0.29, 0.717) is 18.5 Å². The number of halogens is 1. The van der Waals surface area contributed by atoms with Crippen molar-refractivity contribution in [2.24, 2.45) is 0 Å². The predicted octanol–water partition coefficient (Wildman–Crippen LogP) is 6.55. The second kappa shape index (κ2) is 10.7. The molecule has 2 aliphatic rings. The second-order valence-corrected chi connectivity index (χ2v) is 11.8. The number of nitrogens with zero attached hydrogens (tertiary/aromatic N) is 4. The number of hydrogen-bond acceptors (Lipinski definition) is 7. The molecular weight excluding hydrogens is 564 g/mol. The van der Waals surface area contributed by atoms with Crippen LogP contribution in [0.15, 0.2) is 60.7 Å². The lowest BCUT2D eigenvalue weighted by molar-refractivity contribution is -0.384. The highest BCUT2D eigenvalue weighted by molar-refractivity contribution is 7.21. The first-order valence-corrected chi connectivity index (χ1v) is 14.5. The molecule has 1 unspecified atom stereocenters. The maximum Gasteiger partial charge on any atom is 0.288 e. The molecule has 2 heterocycles. The van der Waals surface area contributed by atoms with Crippen molar-refractivity contribution in [2.75, 3.05) is 4.90 Å². The third-order valence-electron chi connectivity index (χ3n) is 7.72. The van der Waals surface area contributed by atoms with Gasteiger partial charge >= 0.3 is 0 Å². The molecule has 3 amide bonds. The highest BCUT2D eigenvalue weighted by Crippen LogP contribution is 2.36. The Hall–Kier alpha value is -4.15. The molecular formula is C30H25ClN4O5S. The minimum Gasteiger partial charge on any atom is -0.323 e.